The molecule has 2 atom stereocenters. The number of benzene rings is 4. The van der Waals surface area contributed by atoms with E-state index in [2.05, 4.69) is 15.7 Å². The number of alkyl halides is 6. The number of hydrogen-bond donors (Lipinski definition) is 2. The number of carbonyl (C=O) groups excluding carboxylic acids is 2. The maximum absolute atomic E-state index is 13.9. The fraction of sp³-hybridized carbons (Fsp3) is 0.205. The summed E-state index contributed by atoms with van der Waals surface area (Å²) in [7, 11) is -4.05. The first-order valence-electron chi connectivity index (χ1n) is 17.0. The molecule has 292 valence electrons. The van der Waals surface area contributed by atoms with E-state index in [1.807, 2.05) is 0 Å². The van der Waals surface area contributed by atoms with Crippen LogP contribution in [0.2, 0.25) is 0 Å². The van der Waals surface area contributed by atoms with Crippen molar-refractivity contribution in [2.24, 2.45) is 0 Å². The van der Waals surface area contributed by atoms with Crippen LogP contribution in [-0.4, -0.2) is 59.6 Å². The Morgan fingerprint density at radius 1 is 0.750 bits per heavy atom. The molecule has 2 unspecified atom stereocenters. The third-order valence-corrected chi connectivity index (χ3v) is 10.4. The fourth-order valence-electron chi connectivity index (χ4n) is 6.04. The maximum atomic E-state index is 13.9. The standard InChI is InChI=1S/C39H33F6N5O5S/c1-24-21-49(22-25(2)55-24)56(53,54)33-16-6-9-26(17-33)35-27(23-50(48-35)32-14-4-3-5-15-32)18-34(36(51)46-30-12-7-10-28(19-30)38(40,41)42)37(52)47-31-13-8-11-29(20-31)39(43,44)45/h3-20,23-25H,21-22H2,1-2H3,(H,46,51)(H,47,52). The highest BCUT2D eigenvalue weighted by Crippen LogP contribution is 2.34. The Bertz CT molecular complexity index is 2310. The van der Waals surface area contributed by atoms with Crippen LogP contribution < -0.4 is 10.6 Å². The summed E-state index contributed by atoms with van der Waals surface area (Å²) in [5.41, 5.74) is -2.62. The summed E-state index contributed by atoms with van der Waals surface area (Å²) in [5, 5.41) is 9.21. The van der Waals surface area contributed by atoms with Gasteiger partial charge in [0.2, 0.25) is 10.0 Å². The molecule has 2 amide bonds. The van der Waals surface area contributed by atoms with E-state index in [-0.39, 0.29) is 58.4 Å². The van der Waals surface area contributed by atoms with Crippen LogP contribution in [0, 0.1) is 0 Å². The van der Waals surface area contributed by atoms with Crippen molar-refractivity contribution in [2.75, 3.05) is 23.7 Å². The molecule has 6 rings (SSSR count). The molecule has 1 aliphatic heterocycles. The van der Waals surface area contributed by atoms with Crippen LogP contribution in [0.3, 0.4) is 0 Å². The Labute approximate surface area is 317 Å². The number of anilines is 2. The molecule has 2 N–H and O–H groups in total. The van der Waals surface area contributed by atoms with Gasteiger partial charge in [-0.2, -0.15) is 35.7 Å². The number of carbonyl (C=O) groups is 2. The van der Waals surface area contributed by atoms with Crippen LogP contribution in [0.4, 0.5) is 37.7 Å². The molecule has 1 aliphatic rings. The molecule has 1 aromatic heterocycles. The van der Waals surface area contributed by atoms with E-state index in [1.54, 1.807) is 50.2 Å². The van der Waals surface area contributed by atoms with Gasteiger partial charge in [-0.25, -0.2) is 13.1 Å². The normalized spacial score (nSPS) is 16.6. The number of sulfonamides is 1. The van der Waals surface area contributed by atoms with Crippen molar-refractivity contribution in [3.63, 3.8) is 0 Å². The zero-order valence-corrected chi connectivity index (χ0v) is 30.4. The summed E-state index contributed by atoms with van der Waals surface area (Å²) in [6.07, 6.45) is -7.75. The van der Waals surface area contributed by atoms with Gasteiger partial charge in [0.1, 0.15) is 11.3 Å². The Kier molecular flexibility index (Phi) is 11.2. The molecule has 56 heavy (non-hydrogen) atoms. The van der Waals surface area contributed by atoms with Crippen molar-refractivity contribution >= 4 is 39.3 Å². The number of halogens is 6. The highest BCUT2D eigenvalue weighted by atomic mass is 32.2. The molecule has 2 heterocycles. The minimum atomic E-state index is -4.76. The van der Waals surface area contributed by atoms with Crippen LogP contribution >= 0.6 is 0 Å². The lowest BCUT2D eigenvalue weighted by molar-refractivity contribution is -0.138. The molecule has 1 saturated heterocycles. The third kappa shape index (κ3) is 9.18. The Morgan fingerprint density at radius 2 is 1.29 bits per heavy atom. The smallest absolute Gasteiger partial charge is 0.373 e. The molecule has 0 spiro atoms. The van der Waals surface area contributed by atoms with Gasteiger partial charge in [-0.1, -0.05) is 42.5 Å². The predicted molar refractivity (Wildman–Crippen MR) is 196 cm³/mol. The number of para-hydroxylation sites is 1. The van der Waals surface area contributed by atoms with Crippen LogP contribution in [0.15, 0.2) is 120 Å². The second-order valence-electron chi connectivity index (χ2n) is 12.9. The van der Waals surface area contributed by atoms with Crippen molar-refractivity contribution in [1.29, 1.82) is 0 Å². The van der Waals surface area contributed by atoms with E-state index in [4.69, 9.17) is 4.74 Å². The molecule has 0 saturated carbocycles. The lowest BCUT2D eigenvalue weighted by Crippen LogP contribution is -2.48. The molecule has 17 heteroatoms. The molecular formula is C39H33F6N5O5S. The van der Waals surface area contributed by atoms with Crippen molar-refractivity contribution in [3.8, 4) is 16.9 Å². The summed E-state index contributed by atoms with van der Waals surface area (Å²) in [6, 6.07) is 21.7. The zero-order valence-electron chi connectivity index (χ0n) is 29.6. The second kappa shape index (κ2) is 15.8. The highest BCUT2D eigenvalue weighted by Gasteiger charge is 2.34. The lowest BCUT2D eigenvalue weighted by Gasteiger charge is -2.34. The first kappa shape index (κ1) is 39.9. The summed E-state index contributed by atoms with van der Waals surface area (Å²) in [5.74, 6) is -2.42. The molecule has 0 bridgehead atoms. The van der Waals surface area contributed by atoms with Gasteiger partial charge in [-0.15, -0.1) is 0 Å². The lowest BCUT2D eigenvalue weighted by atomic mass is 10.0. The van der Waals surface area contributed by atoms with Crippen LogP contribution in [-0.2, 0) is 36.7 Å². The molecule has 5 aromatic rings. The van der Waals surface area contributed by atoms with E-state index in [9.17, 15) is 44.3 Å². The van der Waals surface area contributed by atoms with Gasteiger partial charge in [0.25, 0.3) is 11.8 Å². The van der Waals surface area contributed by atoms with Gasteiger partial charge >= 0.3 is 12.4 Å². The van der Waals surface area contributed by atoms with Gasteiger partial charge in [0, 0.05) is 41.8 Å². The minimum Gasteiger partial charge on any atom is -0.373 e. The number of nitrogens with one attached hydrogen (secondary N) is 2. The van der Waals surface area contributed by atoms with Crippen molar-refractivity contribution in [3.05, 3.63) is 132 Å². The molecule has 0 radical (unpaired) electrons. The minimum absolute atomic E-state index is 0.0744. The number of rotatable bonds is 9. The van der Waals surface area contributed by atoms with Crippen LogP contribution in [0.5, 0.6) is 0 Å². The third-order valence-electron chi connectivity index (χ3n) is 8.58. The van der Waals surface area contributed by atoms with Gasteiger partial charge in [-0.3, -0.25) is 9.59 Å². The fourth-order valence-corrected chi connectivity index (χ4v) is 7.68. The van der Waals surface area contributed by atoms with E-state index < -0.39 is 50.9 Å². The topological polar surface area (TPSA) is 123 Å². The van der Waals surface area contributed by atoms with Crippen molar-refractivity contribution in [2.45, 2.75) is 43.3 Å². The Hall–Kier alpha value is -5.78. The summed E-state index contributed by atoms with van der Waals surface area (Å²) in [6.45, 7) is 3.73. The van der Waals surface area contributed by atoms with Gasteiger partial charge < -0.3 is 15.4 Å². The summed E-state index contributed by atoms with van der Waals surface area (Å²) < 4.78 is 117. The molecule has 4 aromatic carbocycles. The number of amides is 2. The van der Waals surface area contributed by atoms with Gasteiger partial charge in [-0.05, 0) is 80.6 Å². The van der Waals surface area contributed by atoms with E-state index in [0.717, 1.165) is 42.5 Å². The van der Waals surface area contributed by atoms with Crippen molar-refractivity contribution in [1.82, 2.24) is 14.1 Å². The summed E-state index contributed by atoms with van der Waals surface area (Å²) >= 11 is 0. The quantitative estimate of drug-likeness (QED) is 0.0674. The summed E-state index contributed by atoms with van der Waals surface area (Å²) in [4.78, 5) is 27.6. The number of aromatic nitrogens is 2. The molecule has 0 aliphatic carbocycles. The molecule has 10 nitrogen and oxygen atoms in total. The first-order chi connectivity index (χ1) is 26.4. The average Bonchev–Trinajstić information content (AvgIpc) is 3.57. The maximum Gasteiger partial charge on any atom is 0.416 e. The monoisotopic (exact) mass is 797 g/mol. The van der Waals surface area contributed by atoms with E-state index in [1.165, 1.54) is 33.4 Å². The molecule has 1 fully saturated rings. The van der Waals surface area contributed by atoms with Gasteiger partial charge in [0.05, 0.1) is 33.9 Å². The average molecular weight is 798 g/mol. The highest BCUT2D eigenvalue weighted by molar-refractivity contribution is 7.89. The molecular weight excluding hydrogens is 765 g/mol. The SMILES string of the molecule is CC1CN(S(=O)(=O)c2cccc(-c3nn(-c4ccccc4)cc3C=C(C(=O)Nc3cccc(C(F)(F)F)c3)C(=O)Nc3cccc(C(F)(F)F)c3)c2)CC(C)O1. The first-order valence-corrected chi connectivity index (χ1v) is 18.4. The van der Waals surface area contributed by atoms with Crippen molar-refractivity contribution < 1.29 is 49.1 Å². The number of hydrogen-bond acceptors (Lipinski definition) is 6. The van der Waals surface area contributed by atoms with Crippen LogP contribution in [0.25, 0.3) is 23.0 Å². The Morgan fingerprint density at radius 3 is 1.82 bits per heavy atom. The van der Waals surface area contributed by atoms with E-state index >= 15 is 0 Å². The number of ether oxygens (including phenoxy) is 1. The largest absolute Gasteiger partial charge is 0.416 e. The zero-order chi connectivity index (χ0) is 40.4. The van der Waals surface area contributed by atoms with Crippen LogP contribution in [0.1, 0.15) is 30.5 Å². The van der Waals surface area contributed by atoms with Gasteiger partial charge in [0.15, 0.2) is 0 Å². The Balaban J connectivity index is 1.47. The second-order valence-corrected chi connectivity index (χ2v) is 14.9. The number of morpholine rings is 1. The van der Waals surface area contributed by atoms with E-state index in [0.29, 0.717) is 17.8 Å². The number of nitrogens with zero attached hydrogens (tertiary/aromatic N) is 3. The predicted octanol–water partition coefficient (Wildman–Crippen LogP) is 8.04.